The van der Waals surface area contributed by atoms with Crippen LogP contribution in [0.5, 0.6) is 0 Å². The molecule has 0 bridgehead atoms. The second-order valence-electron chi connectivity index (χ2n) is 5.63. The topological polar surface area (TPSA) is 20.3 Å². The third kappa shape index (κ3) is 2.64. The number of Topliss-reactive ketones (excluding diaryl/α,β-unsaturated/α-hetero) is 1. The van der Waals surface area contributed by atoms with E-state index in [2.05, 4.69) is 29.2 Å². The summed E-state index contributed by atoms with van der Waals surface area (Å²) >= 11 is 0. The summed E-state index contributed by atoms with van der Waals surface area (Å²) in [5.41, 5.74) is 1.04. The molecule has 0 unspecified atom stereocenters. The van der Waals surface area contributed by atoms with E-state index in [1.165, 1.54) is 18.4 Å². The molecule has 0 heterocycles. The van der Waals surface area contributed by atoms with Crippen molar-refractivity contribution in [3.8, 4) is 0 Å². The number of hydrogen-bond acceptors (Lipinski definition) is 2. The first-order valence-electron chi connectivity index (χ1n) is 6.89. The highest BCUT2D eigenvalue weighted by molar-refractivity contribution is 5.90. The molecule has 2 rings (SSSR count). The highest BCUT2D eigenvalue weighted by Gasteiger charge is 2.41. The average Bonchev–Trinajstić information content (AvgIpc) is 2.87. The number of benzene rings is 1. The zero-order valence-electron chi connectivity index (χ0n) is 11.5. The summed E-state index contributed by atoms with van der Waals surface area (Å²) in [6.45, 7) is 0.855. The largest absolute Gasteiger partial charge is 0.309 e. The van der Waals surface area contributed by atoms with Crippen LogP contribution in [-0.2, 0) is 10.2 Å². The molecule has 2 nitrogen and oxygen atoms in total. The van der Waals surface area contributed by atoms with Gasteiger partial charge in [0.05, 0.1) is 5.41 Å². The van der Waals surface area contributed by atoms with Crippen LogP contribution in [0.2, 0.25) is 0 Å². The van der Waals surface area contributed by atoms with Crippen molar-refractivity contribution in [2.45, 2.75) is 37.5 Å². The molecule has 0 saturated heterocycles. The summed E-state index contributed by atoms with van der Waals surface area (Å²) in [4.78, 5) is 14.7. The number of carbonyl (C=O) groups is 1. The lowest BCUT2D eigenvalue weighted by molar-refractivity contribution is -0.124. The maximum absolute atomic E-state index is 12.6. The second kappa shape index (κ2) is 5.66. The fraction of sp³-hybridized carbons (Fsp3) is 0.562. The summed E-state index contributed by atoms with van der Waals surface area (Å²) in [6.07, 6.45) is 5.10. The Morgan fingerprint density at radius 2 is 1.78 bits per heavy atom. The monoisotopic (exact) mass is 245 g/mol. The molecule has 1 aliphatic carbocycles. The molecular weight excluding hydrogens is 222 g/mol. The number of nitrogens with zero attached hydrogens (tertiary/aromatic N) is 1. The summed E-state index contributed by atoms with van der Waals surface area (Å²) in [5, 5.41) is 0. The molecule has 1 saturated carbocycles. The maximum Gasteiger partial charge on any atom is 0.144 e. The Kier molecular flexibility index (Phi) is 4.18. The Labute approximate surface area is 110 Å². The van der Waals surface area contributed by atoms with Crippen molar-refractivity contribution in [2.24, 2.45) is 0 Å². The highest BCUT2D eigenvalue weighted by Crippen LogP contribution is 2.42. The van der Waals surface area contributed by atoms with Crippen molar-refractivity contribution in [3.63, 3.8) is 0 Å². The fourth-order valence-corrected chi connectivity index (χ4v) is 3.03. The van der Waals surface area contributed by atoms with Gasteiger partial charge in [0.15, 0.2) is 0 Å². The van der Waals surface area contributed by atoms with Crippen LogP contribution in [0.3, 0.4) is 0 Å². The molecule has 1 fully saturated rings. The molecule has 98 valence electrons. The van der Waals surface area contributed by atoms with Gasteiger partial charge >= 0.3 is 0 Å². The Morgan fingerprint density at radius 3 is 2.33 bits per heavy atom. The molecular formula is C16H23NO. The fourth-order valence-electron chi connectivity index (χ4n) is 3.03. The third-order valence-corrected chi connectivity index (χ3v) is 4.10. The first kappa shape index (κ1) is 13.3. The average molecular weight is 245 g/mol. The van der Waals surface area contributed by atoms with E-state index in [0.717, 1.165) is 19.4 Å². The van der Waals surface area contributed by atoms with E-state index in [4.69, 9.17) is 0 Å². The quantitative estimate of drug-likeness (QED) is 0.794. The Morgan fingerprint density at radius 1 is 1.17 bits per heavy atom. The van der Waals surface area contributed by atoms with Gasteiger partial charge in [-0.2, -0.15) is 0 Å². The first-order chi connectivity index (χ1) is 8.65. The summed E-state index contributed by atoms with van der Waals surface area (Å²) in [5.74, 6) is 0.430. The minimum absolute atomic E-state index is 0.183. The Balaban J connectivity index is 2.19. The lowest BCUT2D eigenvalue weighted by Gasteiger charge is -2.28. The lowest BCUT2D eigenvalue weighted by atomic mass is 9.74. The van der Waals surface area contributed by atoms with Crippen LogP contribution in [0, 0.1) is 0 Å². The summed E-state index contributed by atoms with van der Waals surface area (Å²) < 4.78 is 0. The molecule has 0 N–H and O–H groups in total. The Hall–Kier alpha value is -1.15. The number of hydrogen-bond donors (Lipinski definition) is 0. The number of ketones is 1. The van der Waals surface area contributed by atoms with Gasteiger partial charge in [0, 0.05) is 13.0 Å². The normalized spacial score (nSPS) is 18.2. The molecule has 1 aliphatic rings. The molecule has 18 heavy (non-hydrogen) atoms. The van der Waals surface area contributed by atoms with E-state index >= 15 is 0 Å². The predicted molar refractivity (Wildman–Crippen MR) is 74.8 cm³/mol. The van der Waals surface area contributed by atoms with Crippen LogP contribution in [0.1, 0.15) is 37.7 Å². The van der Waals surface area contributed by atoms with Crippen molar-refractivity contribution >= 4 is 5.78 Å². The minimum Gasteiger partial charge on any atom is -0.309 e. The van der Waals surface area contributed by atoms with Crippen LogP contribution in [0.15, 0.2) is 30.3 Å². The second-order valence-corrected chi connectivity index (χ2v) is 5.63. The van der Waals surface area contributed by atoms with Gasteiger partial charge in [-0.1, -0.05) is 43.2 Å². The summed E-state index contributed by atoms with van der Waals surface area (Å²) in [7, 11) is 4.05. The van der Waals surface area contributed by atoms with Crippen molar-refractivity contribution in [3.05, 3.63) is 35.9 Å². The van der Waals surface area contributed by atoms with E-state index < -0.39 is 0 Å². The van der Waals surface area contributed by atoms with Gasteiger partial charge in [0.1, 0.15) is 5.78 Å². The summed E-state index contributed by atoms with van der Waals surface area (Å²) in [6, 6.07) is 10.4. The van der Waals surface area contributed by atoms with Crippen molar-refractivity contribution < 1.29 is 4.79 Å². The zero-order valence-corrected chi connectivity index (χ0v) is 11.5. The molecule has 0 aromatic heterocycles. The van der Waals surface area contributed by atoms with Gasteiger partial charge in [-0.05, 0) is 32.5 Å². The predicted octanol–water partition coefficient (Wildman–Crippen LogP) is 3.02. The van der Waals surface area contributed by atoms with E-state index in [1.54, 1.807) is 0 Å². The molecule has 0 spiro atoms. The molecule has 0 amide bonds. The number of rotatable bonds is 5. The van der Waals surface area contributed by atoms with Crippen molar-refractivity contribution in [1.29, 1.82) is 0 Å². The van der Waals surface area contributed by atoms with Crippen LogP contribution in [0.25, 0.3) is 0 Å². The molecule has 0 atom stereocenters. The van der Waals surface area contributed by atoms with Crippen molar-refractivity contribution in [1.82, 2.24) is 4.90 Å². The minimum atomic E-state index is -0.183. The Bertz CT molecular complexity index is 391. The molecule has 0 aliphatic heterocycles. The van der Waals surface area contributed by atoms with Gasteiger partial charge < -0.3 is 4.90 Å². The van der Waals surface area contributed by atoms with Crippen LogP contribution in [0.4, 0.5) is 0 Å². The van der Waals surface area contributed by atoms with Gasteiger partial charge in [-0.25, -0.2) is 0 Å². The third-order valence-electron chi connectivity index (χ3n) is 4.10. The highest BCUT2D eigenvalue weighted by atomic mass is 16.1. The molecule has 2 heteroatoms. The van der Waals surface area contributed by atoms with Crippen LogP contribution < -0.4 is 0 Å². The molecule has 1 aromatic rings. The first-order valence-corrected chi connectivity index (χ1v) is 6.89. The van der Waals surface area contributed by atoms with Crippen molar-refractivity contribution in [2.75, 3.05) is 20.6 Å². The van der Waals surface area contributed by atoms with Gasteiger partial charge in [0.2, 0.25) is 0 Å². The number of carbonyl (C=O) groups excluding carboxylic acids is 1. The van der Waals surface area contributed by atoms with E-state index in [1.807, 2.05) is 20.2 Å². The van der Waals surface area contributed by atoms with E-state index in [9.17, 15) is 4.79 Å². The SMILES string of the molecule is CN(C)CCC(=O)C1(c2ccccc2)CCCC1. The van der Waals surface area contributed by atoms with Gasteiger partial charge in [-0.3, -0.25) is 4.79 Å². The van der Waals surface area contributed by atoms with Gasteiger partial charge in [0.25, 0.3) is 0 Å². The van der Waals surface area contributed by atoms with Crippen LogP contribution in [-0.4, -0.2) is 31.3 Å². The zero-order chi connectivity index (χ0) is 13.0. The van der Waals surface area contributed by atoms with E-state index in [0.29, 0.717) is 12.2 Å². The standard InChI is InChI=1S/C16H23NO/c1-17(2)13-10-15(18)16(11-6-7-12-16)14-8-4-3-5-9-14/h3-5,8-9H,6-7,10-13H2,1-2H3. The maximum atomic E-state index is 12.6. The molecule has 1 aromatic carbocycles. The molecule has 0 radical (unpaired) electrons. The lowest BCUT2D eigenvalue weighted by Crippen LogP contribution is -2.34. The van der Waals surface area contributed by atoms with Crippen LogP contribution >= 0.6 is 0 Å². The van der Waals surface area contributed by atoms with Gasteiger partial charge in [-0.15, -0.1) is 0 Å². The van der Waals surface area contributed by atoms with E-state index in [-0.39, 0.29) is 5.41 Å². The smallest absolute Gasteiger partial charge is 0.144 e.